The van der Waals surface area contributed by atoms with Crippen LogP contribution in [0.15, 0.2) is 48.4 Å². The van der Waals surface area contributed by atoms with Crippen LogP contribution in [0, 0.1) is 35.5 Å². The average Bonchev–Trinajstić information content (AvgIpc) is 2.88. The molecule has 0 nitrogen and oxygen atoms in total. The van der Waals surface area contributed by atoms with Crippen molar-refractivity contribution in [3.8, 4) is 0 Å². The Balaban J connectivity index is 1.44. The Labute approximate surface area is 211 Å². The van der Waals surface area contributed by atoms with E-state index >= 15 is 4.39 Å². The topological polar surface area (TPSA) is 0 Å². The molecular formula is C33H53F. The highest BCUT2D eigenvalue weighted by atomic mass is 19.1. The molecule has 34 heavy (non-hydrogen) atoms. The molecule has 0 N–H and O–H groups in total. The minimum Gasteiger partial charge on any atom is -0.207 e. The Bertz CT molecular complexity index is 659. The van der Waals surface area contributed by atoms with Gasteiger partial charge in [-0.05, 0) is 125 Å². The molecule has 3 rings (SSSR count). The molecule has 0 heterocycles. The van der Waals surface area contributed by atoms with Gasteiger partial charge in [-0.25, -0.2) is 4.39 Å². The van der Waals surface area contributed by atoms with Crippen molar-refractivity contribution in [2.24, 2.45) is 35.5 Å². The third-order valence-electron chi connectivity index (χ3n) is 9.55. The van der Waals surface area contributed by atoms with Gasteiger partial charge in [0.25, 0.3) is 0 Å². The van der Waals surface area contributed by atoms with Gasteiger partial charge in [0.05, 0.1) is 0 Å². The van der Waals surface area contributed by atoms with Crippen LogP contribution in [0.5, 0.6) is 0 Å². The quantitative estimate of drug-likeness (QED) is 0.161. The van der Waals surface area contributed by atoms with E-state index in [2.05, 4.69) is 32.6 Å². The van der Waals surface area contributed by atoms with Crippen LogP contribution in [0.1, 0.15) is 123 Å². The molecule has 3 aliphatic carbocycles. The zero-order chi connectivity index (χ0) is 24.2. The third-order valence-corrected chi connectivity index (χ3v) is 9.55. The average molecular weight is 469 g/mol. The molecule has 0 radical (unpaired) electrons. The van der Waals surface area contributed by atoms with Crippen molar-refractivity contribution in [1.29, 1.82) is 0 Å². The van der Waals surface area contributed by atoms with E-state index in [0.717, 1.165) is 48.5 Å². The first kappa shape index (κ1) is 27.5. The highest BCUT2D eigenvalue weighted by molar-refractivity contribution is 5.31. The Morgan fingerprint density at radius 3 is 2.03 bits per heavy atom. The summed E-state index contributed by atoms with van der Waals surface area (Å²) >= 11 is 0. The fourth-order valence-corrected chi connectivity index (χ4v) is 7.35. The van der Waals surface area contributed by atoms with Crippen molar-refractivity contribution in [3.63, 3.8) is 0 Å². The molecule has 0 saturated heterocycles. The zero-order valence-corrected chi connectivity index (χ0v) is 22.5. The van der Waals surface area contributed by atoms with Gasteiger partial charge in [0, 0.05) is 0 Å². The summed E-state index contributed by atoms with van der Waals surface area (Å²) in [5.74, 6) is 4.65. The first-order valence-electron chi connectivity index (χ1n) is 15.0. The van der Waals surface area contributed by atoms with Crippen LogP contribution >= 0.6 is 0 Å². The molecule has 3 saturated carbocycles. The third kappa shape index (κ3) is 8.53. The largest absolute Gasteiger partial charge is 0.207 e. The summed E-state index contributed by atoms with van der Waals surface area (Å²) in [5.41, 5.74) is 0.943. The fraction of sp³-hybridized carbons (Fsp3) is 0.758. The molecule has 0 aromatic rings. The van der Waals surface area contributed by atoms with Gasteiger partial charge in [-0.2, -0.15) is 0 Å². The van der Waals surface area contributed by atoms with Crippen molar-refractivity contribution in [2.45, 2.75) is 123 Å². The maximum atomic E-state index is 15.4. The fourth-order valence-electron chi connectivity index (χ4n) is 7.35. The normalized spacial score (nSPS) is 33.9. The monoisotopic (exact) mass is 468 g/mol. The van der Waals surface area contributed by atoms with Gasteiger partial charge in [-0.1, -0.05) is 76.3 Å². The number of rotatable bonds is 11. The smallest absolute Gasteiger partial charge is 0.122 e. The van der Waals surface area contributed by atoms with Crippen molar-refractivity contribution in [1.82, 2.24) is 0 Å². The molecule has 0 atom stereocenters. The van der Waals surface area contributed by atoms with E-state index in [4.69, 9.17) is 0 Å². The lowest BCUT2D eigenvalue weighted by Crippen LogP contribution is -2.26. The van der Waals surface area contributed by atoms with Crippen molar-refractivity contribution in [3.05, 3.63) is 48.4 Å². The molecule has 1 heteroatoms. The van der Waals surface area contributed by atoms with E-state index in [1.165, 1.54) is 89.9 Å². The van der Waals surface area contributed by atoms with E-state index in [1.54, 1.807) is 6.08 Å². The second kappa shape index (κ2) is 15.1. The maximum absolute atomic E-state index is 15.4. The van der Waals surface area contributed by atoms with Crippen LogP contribution in [0.25, 0.3) is 0 Å². The molecule has 192 valence electrons. The Morgan fingerprint density at radius 1 is 0.824 bits per heavy atom. The summed E-state index contributed by atoms with van der Waals surface area (Å²) in [7, 11) is 0. The van der Waals surface area contributed by atoms with Gasteiger partial charge in [0.15, 0.2) is 0 Å². The van der Waals surface area contributed by atoms with E-state index in [1.807, 2.05) is 12.2 Å². The molecule has 0 aromatic carbocycles. The Morgan fingerprint density at radius 2 is 1.44 bits per heavy atom. The second-order valence-electron chi connectivity index (χ2n) is 11.8. The van der Waals surface area contributed by atoms with Gasteiger partial charge in [0.2, 0.25) is 0 Å². The van der Waals surface area contributed by atoms with E-state index < -0.39 is 0 Å². The van der Waals surface area contributed by atoms with Crippen molar-refractivity contribution in [2.75, 3.05) is 0 Å². The second-order valence-corrected chi connectivity index (χ2v) is 11.8. The number of unbranched alkanes of at least 4 members (excludes halogenated alkanes) is 2. The molecule has 0 bridgehead atoms. The van der Waals surface area contributed by atoms with Gasteiger partial charge in [0.1, 0.15) is 5.83 Å². The Hall–Kier alpha value is -1.11. The highest BCUT2D eigenvalue weighted by Gasteiger charge is 2.32. The number of allylic oxidation sites excluding steroid dienone is 7. The summed E-state index contributed by atoms with van der Waals surface area (Å²) in [4.78, 5) is 0. The molecule has 3 fully saturated rings. The minimum atomic E-state index is 0.0558. The summed E-state index contributed by atoms with van der Waals surface area (Å²) in [6, 6.07) is 0. The van der Waals surface area contributed by atoms with Crippen LogP contribution in [0.4, 0.5) is 4.39 Å². The van der Waals surface area contributed by atoms with Gasteiger partial charge in [-0.3, -0.25) is 0 Å². The van der Waals surface area contributed by atoms with Crippen LogP contribution in [0.2, 0.25) is 0 Å². The zero-order valence-electron chi connectivity index (χ0n) is 22.5. The van der Waals surface area contributed by atoms with E-state index in [0.29, 0.717) is 11.8 Å². The van der Waals surface area contributed by atoms with E-state index in [-0.39, 0.29) is 5.83 Å². The van der Waals surface area contributed by atoms with Gasteiger partial charge >= 0.3 is 0 Å². The molecule has 0 amide bonds. The standard InChI is InChI=1S/C33H53F/c1-4-7-8-11-27-12-14-28(15-13-27)18-25-33(34)32(10-6-3)31-23-21-30(22-24-31)29-19-16-26(9-5-2)17-20-29/h5-6,9-10,25-31H,3-4,7-8,11-24H2,1-2H3/b9-5-,32-10-,33-25+. The SMILES string of the molecule is C=C/C=C(\C(F)=C/CC1CCC(CCCCC)CC1)C1CCC(C2CCC(/C=C\C)CC2)CC1. The lowest BCUT2D eigenvalue weighted by Gasteiger charge is -2.38. The number of halogens is 1. The lowest BCUT2D eigenvalue weighted by molar-refractivity contribution is 0.163. The van der Waals surface area contributed by atoms with Crippen LogP contribution in [0.3, 0.4) is 0 Å². The number of hydrogen-bond donors (Lipinski definition) is 0. The molecule has 0 aliphatic heterocycles. The Kier molecular flexibility index (Phi) is 12.2. The summed E-state index contributed by atoms with van der Waals surface area (Å²) < 4.78 is 15.4. The first-order chi connectivity index (χ1) is 16.6. The molecule has 0 aromatic heterocycles. The molecular weight excluding hydrogens is 415 g/mol. The van der Waals surface area contributed by atoms with Crippen LogP contribution < -0.4 is 0 Å². The van der Waals surface area contributed by atoms with Crippen molar-refractivity contribution < 1.29 is 4.39 Å². The molecule has 0 unspecified atom stereocenters. The predicted molar refractivity (Wildman–Crippen MR) is 147 cm³/mol. The predicted octanol–water partition coefficient (Wildman–Crippen LogP) is 10.9. The maximum Gasteiger partial charge on any atom is 0.122 e. The molecule has 0 spiro atoms. The van der Waals surface area contributed by atoms with Crippen LogP contribution in [-0.4, -0.2) is 0 Å². The highest BCUT2D eigenvalue weighted by Crippen LogP contribution is 2.44. The summed E-state index contributed by atoms with van der Waals surface area (Å²) in [5, 5.41) is 0. The number of hydrogen-bond acceptors (Lipinski definition) is 0. The molecule has 3 aliphatic rings. The summed E-state index contributed by atoms with van der Waals surface area (Å²) in [6.45, 7) is 8.34. The van der Waals surface area contributed by atoms with Crippen molar-refractivity contribution >= 4 is 0 Å². The van der Waals surface area contributed by atoms with E-state index in [9.17, 15) is 0 Å². The minimum absolute atomic E-state index is 0.0558. The van der Waals surface area contributed by atoms with Crippen LogP contribution in [-0.2, 0) is 0 Å². The first-order valence-corrected chi connectivity index (χ1v) is 15.0. The lowest BCUT2D eigenvalue weighted by atomic mass is 9.68. The summed E-state index contributed by atoms with van der Waals surface area (Å²) in [6.07, 6.45) is 32.5. The van der Waals surface area contributed by atoms with Gasteiger partial charge in [-0.15, -0.1) is 0 Å². The van der Waals surface area contributed by atoms with Gasteiger partial charge < -0.3 is 0 Å².